The molecule has 0 unspecified atom stereocenters. The Hall–Kier alpha value is -2.93. The third kappa shape index (κ3) is 12.0. The summed E-state index contributed by atoms with van der Waals surface area (Å²) in [6.45, 7) is 9.10. The molecule has 1 aromatic carbocycles. The van der Waals surface area contributed by atoms with Gasteiger partial charge in [-0.05, 0) is 44.6 Å². The molecule has 0 spiro atoms. The second-order valence-electron chi connectivity index (χ2n) is 8.14. The van der Waals surface area contributed by atoms with Gasteiger partial charge in [0, 0.05) is 12.5 Å². The standard InChI is InChI=1S/C26H38N2O5/c1-4-6-8-14-23(17-21-12-9-7-10-13-21)26(32)33-16-15-27-25(31)22(11-5-2)18-24(30)28-20(3)19-29/h4-5,7,9-10,12-13,20,22-23,29H,1-2,6,8,11,14-19H2,3H3,(H,27,31)(H,28,30)/t20-,22+,23-/m1/s1. The number of allylic oxidation sites excluding steroid dienone is 2. The number of hydrogen-bond acceptors (Lipinski definition) is 5. The average Bonchev–Trinajstić information content (AvgIpc) is 2.81. The zero-order valence-electron chi connectivity index (χ0n) is 19.6. The molecule has 182 valence electrons. The van der Waals surface area contributed by atoms with Gasteiger partial charge in [-0.3, -0.25) is 14.4 Å². The lowest BCUT2D eigenvalue weighted by Gasteiger charge is -2.18. The van der Waals surface area contributed by atoms with E-state index < -0.39 is 5.92 Å². The number of benzene rings is 1. The maximum Gasteiger partial charge on any atom is 0.309 e. The highest BCUT2D eigenvalue weighted by molar-refractivity contribution is 5.86. The number of hydrogen-bond donors (Lipinski definition) is 3. The zero-order valence-corrected chi connectivity index (χ0v) is 19.6. The third-order valence-corrected chi connectivity index (χ3v) is 5.20. The summed E-state index contributed by atoms with van der Waals surface area (Å²) >= 11 is 0. The second-order valence-corrected chi connectivity index (χ2v) is 8.14. The van der Waals surface area contributed by atoms with E-state index in [2.05, 4.69) is 23.8 Å². The molecule has 0 aliphatic heterocycles. The van der Waals surface area contributed by atoms with Crippen LogP contribution in [0.3, 0.4) is 0 Å². The van der Waals surface area contributed by atoms with Crippen molar-refractivity contribution in [1.29, 1.82) is 0 Å². The zero-order chi connectivity index (χ0) is 24.5. The van der Waals surface area contributed by atoms with Gasteiger partial charge < -0.3 is 20.5 Å². The Kier molecular flexibility index (Phi) is 14.2. The number of carbonyl (C=O) groups excluding carboxylic acids is 3. The Bertz CT molecular complexity index is 750. The van der Waals surface area contributed by atoms with Crippen molar-refractivity contribution in [3.63, 3.8) is 0 Å². The lowest BCUT2D eigenvalue weighted by atomic mass is 9.94. The minimum absolute atomic E-state index is 0.00949. The van der Waals surface area contributed by atoms with Crippen LogP contribution in [0, 0.1) is 11.8 Å². The molecule has 0 saturated heterocycles. The van der Waals surface area contributed by atoms with Crippen LogP contribution in [0.1, 0.15) is 44.6 Å². The summed E-state index contributed by atoms with van der Waals surface area (Å²) in [7, 11) is 0. The fourth-order valence-corrected chi connectivity index (χ4v) is 3.39. The average molecular weight is 459 g/mol. The molecule has 0 radical (unpaired) electrons. The summed E-state index contributed by atoms with van der Waals surface area (Å²) in [4.78, 5) is 37.2. The van der Waals surface area contributed by atoms with E-state index in [0.29, 0.717) is 19.3 Å². The molecule has 33 heavy (non-hydrogen) atoms. The summed E-state index contributed by atoms with van der Waals surface area (Å²) in [6, 6.07) is 9.44. The van der Waals surface area contributed by atoms with Gasteiger partial charge >= 0.3 is 5.97 Å². The first-order valence-corrected chi connectivity index (χ1v) is 11.5. The smallest absolute Gasteiger partial charge is 0.309 e. The topological polar surface area (TPSA) is 105 Å². The predicted molar refractivity (Wildman–Crippen MR) is 129 cm³/mol. The van der Waals surface area contributed by atoms with Gasteiger partial charge in [-0.2, -0.15) is 0 Å². The molecule has 7 nitrogen and oxygen atoms in total. The van der Waals surface area contributed by atoms with Crippen molar-refractivity contribution in [2.75, 3.05) is 19.8 Å². The third-order valence-electron chi connectivity index (χ3n) is 5.20. The monoisotopic (exact) mass is 458 g/mol. The first-order chi connectivity index (χ1) is 15.9. The van der Waals surface area contributed by atoms with E-state index in [1.165, 1.54) is 0 Å². The summed E-state index contributed by atoms with van der Waals surface area (Å²) in [5.41, 5.74) is 1.08. The van der Waals surface area contributed by atoms with Crippen molar-refractivity contribution in [2.24, 2.45) is 11.8 Å². The van der Waals surface area contributed by atoms with Crippen molar-refractivity contribution in [3.8, 4) is 0 Å². The molecule has 0 heterocycles. The van der Waals surface area contributed by atoms with Gasteiger partial charge in [0.15, 0.2) is 0 Å². The van der Waals surface area contributed by atoms with Gasteiger partial charge in [0.25, 0.3) is 0 Å². The fourth-order valence-electron chi connectivity index (χ4n) is 3.39. The van der Waals surface area contributed by atoms with Crippen LogP contribution in [0.4, 0.5) is 0 Å². The van der Waals surface area contributed by atoms with Crippen LogP contribution in [0.25, 0.3) is 0 Å². The van der Waals surface area contributed by atoms with E-state index in [9.17, 15) is 14.4 Å². The molecule has 0 bridgehead atoms. The highest BCUT2D eigenvalue weighted by atomic mass is 16.5. The molecule has 0 aliphatic rings. The van der Waals surface area contributed by atoms with Crippen LogP contribution in [0.15, 0.2) is 55.6 Å². The largest absolute Gasteiger partial charge is 0.464 e. The van der Waals surface area contributed by atoms with Gasteiger partial charge in [-0.25, -0.2) is 0 Å². The van der Waals surface area contributed by atoms with Crippen molar-refractivity contribution >= 4 is 17.8 Å². The molecule has 1 aromatic rings. The summed E-state index contributed by atoms with van der Waals surface area (Å²) in [5.74, 6) is -1.72. The summed E-state index contributed by atoms with van der Waals surface area (Å²) in [5, 5.41) is 14.4. The lowest BCUT2D eigenvalue weighted by Crippen LogP contribution is -2.39. The summed E-state index contributed by atoms with van der Waals surface area (Å²) in [6.07, 6.45) is 6.76. The van der Waals surface area contributed by atoms with E-state index >= 15 is 0 Å². The number of aliphatic hydroxyl groups is 1. The quantitative estimate of drug-likeness (QED) is 0.189. The minimum Gasteiger partial charge on any atom is -0.464 e. The maximum absolute atomic E-state index is 12.7. The van der Waals surface area contributed by atoms with Crippen LogP contribution in [0.2, 0.25) is 0 Å². The van der Waals surface area contributed by atoms with Crippen molar-refractivity contribution in [3.05, 3.63) is 61.2 Å². The van der Waals surface area contributed by atoms with Gasteiger partial charge in [0.2, 0.25) is 11.8 Å². The van der Waals surface area contributed by atoms with E-state index in [1.54, 1.807) is 13.0 Å². The van der Waals surface area contributed by atoms with Crippen LogP contribution < -0.4 is 10.6 Å². The highest BCUT2D eigenvalue weighted by Crippen LogP contribution is 2.17. The van der Waals surface area contributed by atoms with E-state index in [1.807, 2.05) is 36.4 Å². The van der Waals surface area contributed by atoms with E-state index in [4.69, 9.17) is 9.84 Å². The fraction of sp³-hybridized carbons (Fsp3) is 0.500. The molecule has 3 N–H and O–H groups in total. The SMILES string of the molecule is C=CCCC[C@H](Cc1ccccc1)C(=O)OCCNC(=O)[C@@H](CC=C)CC(=O)N[C@H](C)CO. The Morgan fingerprint density at radius 1 is 1.12 bits per heavy atom. The number of unbranched alkanes of at least 4 members (excludes halogenated alkanes) is 1. The Morgan fingerprint density at radius 3 is 2.48 bits per heavy atom. The van der Waals surface area contributed by atoms with Gasteiger partial charge in [0.1, 0.15) is 6.61 Å². The van der Waals surface area contributed by atoms with Crippen LogP contribution in [0.5, 0.6) is 0 Å². The lowest BCUT2D eigenvalue weighted by molar-refractivity contribution is -0.149. The van der Waals surface area contributed by atoms with Crippen LogP contribution in [-0.4, -0.2) is 48.7 Å². The van der Waals surface area contributed by atoms with Crippen molar-refractivity contribution in [1.82, 2.24) is 10.6 Å². The number of nitrogens with one attached hydrogen (secondary N) is 2. The molecule has 0 fully saturated rings. The van der Waals surface area contributed by atoms with Gasteiger partial charge in [-0.1, -0.05) is 42.5 Å². The Morgan fingerprint density at radius 2 is 1.85 bits per heavy atom. The van der Waals surface area contributed by atoms with E-state index in [0.717, 1.165) is 18.4 Å². The minimum atomic E-state index is -0.575. The molecule has 7 heteroatoms. The number of carbonyl (C=O) groups is 3. The first kappa shape index (κ1) is 28.1. The van der Waals surface area contributed by atoms with Crippen molar-refractivity contribution < 1.29 is 24.2 Å². The van der Waals surface area contributed by atoms with Crippen LogP contribution in [-0.2, 0) is 25.5 Å². The van der Waals surface area contributed by atoms with Crippen LogP contribution >= 0.6 is 0 Å². The number of ether oxygens (including phenoxy) is 1. The molecular weight excluding hydrogens is 420 g/mol. The normalized spacial score (nSPS) is 13.3. The molecule has 3 atom stereocenters. The Labute approximate surface area is 197 Å². The maximum atomic E-state index is 12.7. The molecule has 1 rings (SSSR count). The molecule has 0 saturated carbocycles. The second kappa shape index (κ2) is 16.7. The number of rotatable bonds is 17. The molecular formula is C26H38N2O5. The van der Waals surface area contributed by atoms with Gasteiger partial charge in [-0.15, -0.1) is 13.2 Å². The van der Waals surface area contributed by atoms with E-state index in [-0.39, 0.29) is 55.9 Å². The molecule has 2 amide bonds. The number of esters is 1. The molecule has 0 aliphatic carbocycles. The van der Waals surface area contributed by atoms with Crippen molar-refractivity contribution in [2.45, 2.75) is 51.5 Å². The predicted octanol–water partition coefficient (Wildman–Crippen LogP) is 2.94. The summed E-state index contributed by atoms with van der Waals surface area (Å²) < 4.78 is 5.44. The number of amides is 2. The Balaban J connectivity index is 2.51. The highest BCUT2D eigenvalue weighted by Gasteiger charge is 2.22. The molecule has 0 aromatic heterocycles. The van der Waals surface area contributed by atoms with Gasteiger partial charge in [0.05, 0.1) is 25.0 Å². The number of aliphatic hydroxyl groups excluding tert-OH is 1. The first-order valence-electron chi connectivity index (χ1n) is 11.5.